The number of para-hydroxylation sites is 1. The molecule has 3 aromatic carbocycles. The van der Waals surface area contributed by atoms with Gasteiger partial charge >= 0.3 is 5.97 Å². The van der Waals surface area contributed by atoms with E-state index in [9.17, 15) is 14.7 Å². The Balaban J connectivity index is 1.33. The van der Waals surface area contributed by atoms with E-state index in [2.05, 4.69) is 5.32 Å². The van der Waals surface area contributed by atoms with Crippen LogP contribution in [0.4, 0.5) is 5.69 Å². The number of aryl methyl sites for hydroxylation is 1. The highest BCUT2D eigenvalue weighted by Gasteiger charge is 2.49. The standard InChI is InChI=1S/C30H32N2O4/c1-22-10-8-9-15-26(22)31-28(33)21-32-18-16-23(17-19-32)27(20-32)36-29(34)30(35,24-11-4-2-5-12-24)25-13-6-3-7-14-25/h2-15,23,27H,16-21H2,1H3,(H,31,33). The van der Waals surface area contributed by atoms with Crippen molar-refractivity contribution >= 4 is 17.6 Å². The Morgan fingerprint density at radius 1 is 0.917 bits per heavy atom. The van der Waals surface area contributed by atoms with E-state index >= 15 is 0 Å². The molecule has 1 atom stereocenters. The topological polar surface area (TPSA) is 78.5 Å². The van der Waals surface area contributed by atoms with Gasteiger partial charge in [0.2, 0.25) is 0 Å². The average Bonchev–Trinajstić information content (AvgIpc) is 2.91. The van der Waals surface area contributed by atoms with Crippen molar-refractivity contribution in [2.75, 3.05) is 31.5 Å². The van der Waals surface area contributed by atoms with Crippen molar-refractivity contribution in [3.8, 4) is 0 Å². The van der Waals surface area contributed by atoms with Crippen LogP contribution in [0.3, 0.4) is 0 Å². The van der Waals surface area contributed by atoms with Gasteiger partial charge in [0.25, 0.3) is 5.91 Å². The number of esters is 1. The number of piperidine rings is 3. The van der Waals surface area contributed by atoms with E-state index in [0.29, 0.717) is 28.7 Å². The molecule has 3 aliphatic rings. The highest BCUT2D eigenvalue weighted by Crippen LogP contribution is 2.37. The van der Waals surface area contributed by atoms with Gasteiger partial charge in [-0.2, -0.15) is 0 Å². The summed E-state index contributed by atoms with van der Waals surface area (Å²) in [6, 6.07) is 25.2. The quantitative estimate of drug-likeness (QED) is 0.412. The maximum atomic E-state index is 14.2. The van der Waals surface area contributed by atoms with Crippen LogP contribution in [0.5, 0.6) is 0 Å². The van der Waals surface area contributed by atoms with E-state index in [4.69, 9.17) is 4.74 Å². The number of fused-ring (bicyclic) bond motifs is 3. The number of nitrogens with one attached hydrogen (secondary N) is 1. The maximum absolute atomic E-state index is 14.2. The van der Waals surface area contributed by atoms with Crippen molar-refractivity contribution < 1.29 is 23.9 Å². The number of nitrogens with zero attached hydrogens (tertiary/aromatic N) is 1. The first-order valence-electron chi connectivity index (χ1n) is 12.6. The number of benzene rings is 3. The molecule has 0 aliphatic carbocycles. The third kappa shape index (κ3) is 4.66. The van der Waals surface area contributed by atoms with Crippen molar-refractivity contribution in [3.63, 3.8) is 0 Å². The third-order valence-corrected chi connectivity index (χ3v) is 7.85. The van der Waals surface area contributed by atoms with Gasteiger partial charge < -0.3 is 19.6 Å². The minimum Gasteiger partial charge on any atom is -0.834 e. The van der Waals surface area contributed by atoms with Crippen LogP contribution in [0.2, 0.25) is 0 Å². The van der Waals surface area contributed by atoms with Crippen LogP contribution in [0.25, 0.3) is 0 Å². The summed E-state index contributed by atoms with van der Waals surface area (Å²) in [6.07, 6.45) is 1.36. The smallest absolute Gasteiger partial charge is 0.304 e. The van der Waals surface area contributed by atoms with Gasteiger partial charge in [-0.3, -0.25) is 9.59 Å². The fourth-order valence-corrected chi connectivity index (χ4v) is 5.75. The van der Waals surface area contributed by atoms with Crippen LogP contribution in [0, 0.1) is 12.8 Å². The number of quaternary nitrogens is 1. The molecule has 6 heteroatoms. The lowest BCUT2D eigenvalue weighted by Gasteiger charge is -2.52. The molecule has 3 fully saturated rings. The van der Waals surface area contributed by atoms with E-state index in [-0.39, 0.29) is 17.9 Å². The number of amides is 1. The lowest BCUT2D eigenvalue weighted by molar-refractivity contribution is -0.939. The summed E-state index contributed by atoms with van der Waals surface area (Å²) in [5.74, 6) is -0.605. The SMILES string of the molecule is Cc1ccccc1NC(=O)C[N+]12CCC(CC1)C(OC(=O)C([O-])(c1ccccc1)c1ccccc1)C2. The number of ether oxygens (including phenoxy) is 1. The predicted molar refractivity (Wildman–Crippen MR) is 136 cm³/mol. The van der Waals surface area contributed by atoms with Gasteiger partial charge in [-0.05, 0) is 29.7 Å². The Labute approximate surface area is 212 Å². The second kappa shape index (κ2) is 9.88. The number of hydrogen-bond donors (Lipinski definition) is 1. The van der Waals surface area contributed by atoms with Crippen molar-refractivity contribution in [1.82, 2.24) is 0 Å². The molecule has 6 rings (SSSR count). The fraction of sp³-hybridized carbons (Fsp3) is 0.333. The van der Waals surface area contributed by atoms with Crippen LogP contribution in [-0.2, 0) is 19.9 Å². The van der Waals surface area contributed by atoms with Crippen LogP contribution >= 0.6 is 0 Å². The summed E-state index contributed by atoms with van der Waals surface area (Å²) < 4.78 is 6.62. The van der Waals surface area contributed by atoms with Crippen LogP contribution in [0.15, 0.2) is 84.9 Å². The molecule has 2 bridgehead atoms. The van der Waals surface area contributed by atoms with Crippen molar-refractivity contribution in [2.24, 2.45) is 5.92 Å². The maximum Gasteiger partial charge on any atom is 0.304 e. The summed E-state index contributed by atoms with van der Waals surface area (Å²) >= 11 is 0. The number of rotatable bonds is 7. The molecule has 1 N–H and O–H groups in total. The van der Waals surface area contributed by atoms with Crippen molar-refractivity contribution in [3.05, 3.63) is 102 Å². The Morgan fingerprint density at radius 2 is 1.47 bits per heavy atom. The zero-order valence-electron chi connectivity index (χ0n) is 20.6. The zero-order chi connectivity index (χ0) is 25.2. The monoisotopic (exact) mass is 484 g/mol. The number of carbonyl (C=O) groups excluding carboxylic acids is 2. The van der Waals surface area contributed by atoms with E-state index in [1.54, 1.807) is 48.5 Å². The molecule has 3 saturated heterocycles. The first-order valence-corrected chi connectivity index (χ1v) is 12.6. The molecule has 0 saturated carbocycles. The molecule has 3 aliphatic heterocycles. The first kappa shape index (κ1) is 24.2. The van der Waals surface area contributed by atoms with Gasteiger partial charge in [0.15, 0.2) is 12.6 Å². The molecule has 1 unspecified atom stereocenters. The van der Waals surface area contributed by atoms with E-state index < -0.39 is 11.6 Å². The molecule has 3 heterocycles. The average molecular weight is 485 g/mol. The highest BCUT2D eigenvalue weighted by molar-refractivity contribution is 5.92. The predicted octanol–water partition coefficient (Wildman–Crippen LogP) is 3.39. The van der Waals surface area contributed by atoms with Crippen LogP contribution in [-0.4, -0.2) is 48.6 Å². The Kier molecular flexibility index (Phi) is 6.65. The van der Waals surface area contributed by atoms with Crippen molar-refractivity contribution in [2.45, 2.75) is 31.5 Å². The van der Waals surface area contributed by atoms with Gasteiger partial charge in [-0.1, -0.05) is 78.9 Å². The fourth-order valence-electron chi connectivity index (χ4n) is 5.75. The van der Waals surface area contributed by atoms with Crippen LogP contribution in [0.1, 0.15) is 29.5 Å². The minimum atomic E-state index is -2.15. The Bertz CT molecular complexity index is 1180. The molecule has 1 amide bonds. The van der Waals surface area contributed by atoms with Gasteiger partial charge in [0, 0.05) is 30.0 Å². The second-order valence-corrected chi connectivity index (χ2v) is 10.2. The number of carbonyl (C=O) groups is 2. The largest absolute Gasteiger partial charge is 0.834 e. The van der Waals surface area contributed by atoms with E-state index in [0.717, 1.165) is 37.2 Å². The minimum absolute atomic E-state index is 0.0403. The summed E-state index contributed by atoms with van der Waals surface area (Å²) in [7, 11) is 0. The highest BCUT2D eigenvalue weighted by atomic mass is 16.6. The number of anilines is 1. The van der Waals surface area contributed by atoms with E-state index in [1.807, 2.05) is 43.3 Å². The second-order valence-electron chi connectivity index (χ2n) is 10.2. The van der Waals surface area contributed by atoms with Gasteiger partial charge in [-0.15, -0.1) is 0 Å². The summed E-state index contributed by atoms with van der Waals surface area (Å²) in [6.45, 7) is 4.60. The molecule has 0 aromatic heterocycles. The summed E-state index contributed by atoms with van der Waals surface area (Å²) in [5.41, 5.74) is 0.413. The first-order chi connectivity index (χ1) is 17.4. The summed E-state index contributed by atoms with van der Waals surface area (Å²) in [4.78, 5) is 26.6. The molecular weight excluding hydrogens is 452 g/mol. The summed E-state index contributed by atoms with van der Waals surface area (Å²) in [5, 5.41) is 17.3. The third-order valence-electron chi connectivity index (χ3n) is 7.85. The van der Waals surface area contributed by atoms with Crippen LogP contribution < -0.4 is 10.4 Å². The molecule has 186 valence electrons. The molecular formula is C30H32N2O4. The molecule has 0 spiro atoms. The zero-order valence-corrected chi connectivity index (χ0v) is 20.6. The molecule has 36 heavy (non-hydrogen) atoms. The molecule has 0 radical (unpaired) electrons. The lowest BCUT2D eigenvalue weighted by Crippen LogP contribution is -2.67. The lowest BCUT2D eigenvalue weighted by atomic mass is 9.82. The Morgan fingerprint density at radius 3 is 2.06 bits per heavy atom. The van der Waals surface area contributed by atoms with Gasteiger partial charge in [-0.25, -0.2) is 0 Å². The molecule has 3 aromatic rings. The molecule has 6 nitrogen and oxygen atoms in total. The Hall–Kier alpha value is -3.48. The number of hydrogen-bond acceptors (Lipinski definition) is 4. The van der Waals surface area contributed by atoms with Crippen molar-refractivity contribution in [1.29, 1.82) is 0 Å². The normalized spacial score (nSPS) is 23.2. The van der Waals surface area contributed by atoms with Gasteiger partial charge in [0.1, 0.15) is 6.54 Å². The van der Waals surface area contributed by atoms with E-state index in [1.165, 1.54) is 0 Å². The van der Waals surface area contributed by atoms with Gasteiger partial charge in [0.05, 0.1) is 13.1 Å².